The molecule has 0 aromatic heterocycles. The summed E-state index contributed by atoms with van der Waals surface area (Å²) in [6.45, 7) is 23.1. The molecule has 0 saturated carbocycles. The standard InChI is InChI=1S/2C10H14.2C2H6/c1-7-5-9(3)10(4)6-8(7)2;1-4-10-6-5-8(2)9(3)7-10;2*1-2/h5-6H,1-4H3;5-7H,4H2,1-3H3;2*1-2H3. The Balaban J connectivity index is 0. The molecule has 0 aliphatic heterocycles. The Kier molecular flexibility index (Phi) is 14.2. The lowest BCUT2D eigenvalue weighted by molar-refractivity contribution is 1.12. The molecular formula is C24H40. The van der Waals surface area contributed by atoms with E-state index in [1.165, 1.54) is 38.9 Å². The maximum absolute atomic E-state index is 2.26. The zero-order valence-electron chi connectivity index (χ0n) is 18.1. The number of benzene rings is 2. The predicted octanol–water partition coefficient (Wildman–Crippen LogP) is 7.84. The summed E-state index contributed by atoms with van der Waals surface area (Å²) in [5.74, 6) is 0. The highest BCUT2D eigenvalue weighted by molar-refractivity contribution is 5.35. The van der Waals surface area contributed by atoms with Gasteiger partial charge < -0.3 is 0 Å². The van der Waals surface area contributed by atoms with Gasteiger partial charge >= 0.3 is 0 Å². The largest absolute Gasteiger partial charge is 0.0683 e. The van der Waals surface area contributed by atoms with E-state index in [4.69, 9.17) is 0 Å². The van der Waals surface area contributed by atoms with Crippen molar-refractivity contribution in [2.75, 3.05) is 0 Å². The van der Waals surface area contributed by atoms with Crippen LogP contribution in [0.2, 0.25) is 0 Å². The van der Waals surface area contributed by atoms with Crippen molar-refractivity contribution in [1.82, 2.24) is 0 Å². The smallest absolute Gasteiger partial charge is 0.0307 e. The van der Waals surface area contributed by atoms with E-state index >= 15 is 0 Å². The molecule has 0 spiro atoms. The Hall–Kier alpha value is -1.56. The highest BCUT2D eigenvalue weighted by atomic mass is 14.0. The molecule has 0 amide bonds. The minimum Gasteiger partial charge on any atom is -0.0683 e. The molecule has 0 heterocycles. The maximum Gasteiger partial charge on any atom is -0.0307 e. The summed E-state index contributed by atoms with van der Waals surface area (Å²) in [4.78, 5) is 0. The highest BCUT2D eigenvalue weighted by Crippen LogP contribution is 2.13. The van der Waals surface area contributed by atoms with Gasteiger partial charge in [-0.2, -0.15) is 0 Å². The molecule has 0 nitrogen and oxygen atoms in total. The van der Waals surface area contributed by atoms with Gasteiger partial charge in [0.05, 0.1) is 0 Å². The summed E-state index contributed by atoms with van der Waals surface area (Å²) in [6.07, 6.45) is 1.14. The Morgan fingerprint density at radius 3 is 1.12 bits per heavy atom. The second kappa shape index (κ2) is 13.8. The fraction of sp³-hybridized carbons (Fsp3) is 0.500. The Labute approximate surface area is 152 Å². The van der Waals surface area contributed by atoms with Gasteiger partial charge in [-0.25, -0.2) is 0 Å². The first-order valence-corrected chi connectivity index (χ1v) is 9.45. The van der Waals surface area contributed by atoms with E-state index in [0.29, 0.717) is 0 Å². The van der Waals surface area contributed by atoms with Gasteiger partial charge in [0.15, 0.2) is 0 Å². The maximum atomic E-state index is 2.26. The summed E-state index contributed by atoms with van der Waals surface area (Å²) in [5.41, 5.74) is 9.79. The van der Waals surface area contributed by atoms with Crippen LogP contribution in [0, 0.1) is 41.5 Å². The van der Waals surface area contributed by atoms with Crippen molar-refractivity contribution < 1.29 is 0 Å². The van der Waals surface area contributed by atoms with Gasteiger partial charge in [0.2, 0.25) is 0 Å². The molecule has 2 rings (SSSR count). The minimum absolute atomic E-state index is 1.14. The van der Waals surface area contributed by atoms with Gasteiger partial charge in [0, 0.05) is 0 Å². The van der Waals surface area contributed by atoms with Gasteiger partial charge in [-0.05, 0) is 86.9 Å². The van der Waals surface area contributed by atoms with E-state index in [-0.39, 0.29) is 0 Å². The Morgan fingerprint density at radius 1 is 0.500 bits per heavy atom. The van der Waals surface area contributed by atoms with Gasteiger partial charge in [-0.1, -0.05) is 65.0 Å². The average molecular weight is 329 g/mol. The molecule has 136 valence electrons. The summed E-state index contributed by atoms with van der Waals surface area (Å²) >= 11 is 0. The SMILES string of the molecule is CC.CC.CCc1ccc(C)c(C)c1.Cc1cc(C)c(C)cc1C. The van der Waals surface area contributed by atoms with Crippen LogP contribution in [0.5, 0.6) is 0 Å². The molecule has 24 heavy (non-hydrogen) atoms. The highest BCUT2D eigenvalue weighted by Gasteiger charge is 1.95. The second-order valence-corrected chi connectivity index (χ2v) is 5.79. The first-order valence-electron chi connectivity index (χ1n) is 9.45. The van der Waals surface area contributed by atoms with Gasteiger partial charge in [0.25, 0.3) is 0 Å². The topological polar surface area (TPSA) is 0 Å². The first-order chi connectivity index (χ1) is 11.3. The summed E-state index contributed by atoms with van der Waals surface area (Å²) in [5, 5.41) is 0. The lowest BCUT2D eigenvalue weighted by atomic mass is 10.0. The first kappa shape index (κ1) is 24.7. The third-order valence-electron chi connectivity index (χ3n) is 4.09. The molecule has 0 unspecified atom stereocenters. The average Bonchev–Trinajstić information content (AvgIpc) is 2.60. The lowest BCUT2D eigenvalue weighted by Crippen LogP contribution is -1.86. The molecule has 0 N–H and O–H groups in total. The van der Waals surface area contributed by atoms with Crippen LogP contribution in [-0.2, 0) is 6.42 Å². The molecule has 0 heteroatoms. The van der Waals surface area contributed by atoms with E-state index in [2.05, 4.69) is 78.8 Å². The van der Waals surface area contributed by atoms with Crippen molar-refractivity contribution in [2.24, 2.45) is 0 Å². The van der Waals surface area contributed by atoms with Crippen LogP contribution in [0.25, 0.3) is 0 Å². The third-order valence-corrected chi connectivity index (χ3v) is 4.09. The minimum atomic E-state index is 1.14. The van der Waals surface area contributed by atoms with Crippen LogP contribution in [0.3, 0.4) is 0 Å². The van der Waals surface area contributed by atoms with Gasteiger partial charge in [-0.3, -0.25) is 0 Å². The number of hydrogen-bond acceptors (Lipinski definition) is 0. The Bertz CT molecular complexity index is 527. The molecule has 0 radical (unpaired) electrons. The van der Waals surface area contributed by atoms with Crippen molar-refractivity contribution in [1.29, 1.82) is 0 Å². The summed E-state index contributed by atoms with van der Waals surface area (Å²) in [6, 6.07) is 11.1. The molecular weight excluding hydrogens is 288 g/mol. The molecule has 0 aliphatic rings. The van der Waals surface area contributed by atoms with E-state index < -0.39 is 0 Å². The van der Waals surface area contributed by atoms with Gasteiger partial charge in [-0.15, -0.1) is 0 Å². The predicted molar refractivity (Wildman–Crippen MR) is 113 cm³/mol. The normalized spacial score (nSPS) is 8.79. The quantitative estimate of drug-likeness (QED) is 0.500. The van der Waals surface area contributed by atoms with Crippen LogP contribution < -0.4 is 0 Å². The molecule has 2 aromatic carbocycles. The van der Waals surface area contributed by atoms with Crippen LogP contribution in [0.1, 0.15) is 73.6 Å². The number of rotatable bonds is 1. The van der Waals surface area contributed by atoms with Crippen molar-refractivity contribution in [2.45, 2.75) is 82.6 Å². The van der Waals surface area contributed by atoms with Crippen LogP contribution in [-0.4, -0.2) is 0 Å². The zero-order chi connectivity index (χ0) is 19.3. The zero-order valence-corrected chi connectivity index (χ0v) is 18.1. The second-order valence-electron chi connectivity index (χ2n) is 5.79. The van der Waals surface area contributed by atoms with Crippen LogP contribution in [0.4, 0.5) is 0 Å². The van der Waals surface area contributed by atoms with Crippen molar-refractivity contribution in [3.63, 3.8) is 0 Å². The molecule has 0 aliphatic carbocycles. The van der Waals surface area contributed by atoms with Crippen molar-refractivity contribution in [3.05, 3.63) is 69.3 Å². The van der Waals surface area contributed by atoms with E-state index in [1.807, 2.05) is 27.7 Å². The van der Waals surface area contributed by atoms with Crippen LogP contribution >= 0.6 is 0 Å². The molecule has 0 fully saturated rings. The molecule has 0 bridgehead atoms. The number of hydrogen-bond donors (Lipinski definition) is 0. The molecule has 2 aromatic rings. The van der Waals surface area contributed by atoms with E-state index in [9.17, 15) is 0 Å². The monoisotopic (exact) mass is 328 g/mol. The van der Waals surface area contributed by atoms with Crippen LogP contribution in [0.15, 0.2) is 30.3 Å². The molecule has 0 atom stereocenters. The van der Waals surface area contributed by atoms with Crippen molar-refractivity contribution >= 4 is 0 Å². The fourth-order valence-electron chi connectivity index (χ4n) is 2.13. The van der Waals surface area contributed by atoms with E-state index in [0.717, 1.165) is 6.42 Å². The van der Waals surface area contributed by atoms with E-state index in [1.54, 1.807) is 0 Å². The third kappa shape index (κ3) is 8.91. The number of aryl methyl sites for hydroxylation is 7. The van der Waals surface area contributed by atoms with Crippen molar-refractivity contribution in [3.8, 4) is 0 Å². The lowest BCUT2D eigenvalue weighted by Gasteiger charge is -2.04. The fourth-order valence-corrected chi connectivity index (χ4v) is 2.13. The summed E-state index contributed by atoms with van der Waals surface area (Å²) < 4.78 is 0. The molecule has 0 saturated heterocycles. The van der Waals surface area contributed by atoms with Gasteiger partial charge in [0.1, 0.15) is 0 Å². The summed E-state index contributed by atoms with van der Waals surface area (Å²) in [7, 11) is 0. The Morgan fingerprint density at radius 2 is 0.833 bits per heavy atom.